The fraction of sp³-hybridized carbons (Fsp3) is 0.611. The van der Waals surface area contributed by atoms with E-state index in [0.717, 1.165) is 18.3 Å². The fourth-order valence-electron chi connectivity index (χ4n) is 3.97. The van der Waals surface area contributed by atoms with E-state index in [1.54, 1.807) is 35.0 Å². The summed E-state index contributed by atoms with van der Waals surface area (Å²) in [5.74, 6) is 1.70. The number of aryl methyl sites for hydroxylation is 1. The Bertz CT molecular complexity index is 836. The number of aromatic nitrogens is 5. The Morgan fingerprint density at radius 2 is 2.15 bits per heavy atom. The topological polar surface area (TPSA) is 97.9 Å². The molecule has 144 valence electrons. The molecule has 2 aromatic rings. The zero-order valence-corrected chi connectivity index (χ0v) is 15.7. The Balaban J connectivity index is 1.36. The van der Waals surface area contributed by atoms with E-state index in [9.17, 15) is 9.59 Å². The second kappa shape index (κ2) is 7.13. The Morgan fingerprint density at radius 1 is 1.33 bits per heavy atom. The van der Waals surface area contributed by atoms with E-state index < -0.39 is 11.9 Å². The highest BCUT2D eigenvalue weighted by Gasteiger charge is 2.31. The highest BCUT2D eigenvalue weighted by atomic mass is 16.2. The molecule has 2 aliphatic rings. The minimum atomic E-state index is -0.618. The van der Waals surface area contributed by atoms with Crippen LogP contribution < -0.4 is 10.2 Å². The van der Waals surface area contributed by atoms with Crippen molar-refractivity contribution in [3.05, 3.63) is 24.4 Å². The number of fused-ring (bicyclic) bond motifs is 1. The number of rotatable bonds is 5. The highest BCUT2D eigenvalue weighted by molar-refractivity contribution is 6.00. The van der Waals surface area contributed by atoms with Crippen LogP contribution in [-0.2, 0) is 17.9 Å². The molecule has 3 heterocycles. The average molecular weight is 371 g/mol. The first-order chi connectivity index (χ1) is 13.0. The monoisotopic (exact) mass is 371 g/mol. The molecule has 0 aromatic carbocycles. The molecule has 1 saturated carbocycles. The molecule has 1 unspecified atom stereocenters. The van der Waals surface area contributed by atoms with Crippen LogP contribution in [-0.4, -0.2) is 49.4 Å². The largest absolute Gasteiger partial charge is 0.337 e. The van der Waals surface area contributed by atoms with Gasteiger partial charge in [0.2, 0.25) is 5.82 Å². The summed E-state index contributed by atoms with van der Waals surface area (Å²) < 4.78 is 3.50. The molecule has 0 bridgehead atoms. The third kappa shape index (κ3) is 3.45. The maximum atomic E-state index is 12.7. The predicted molar refractivity (Wildman–Crippen MR) is 98.0 cm³/mol. The minimum Gasteiger partial charge on any atom is -0.337 e. The number of carbonyl (C=O) groups excluding carboxylic acids is 2. The Labute approximate surface area is 157 Å². The normalized spacial score (nSPS) is 24.9. The number of nitrogens with zero attached hydrogens (tertiary/aromatic N) is 6. The molecule has 1 fully saturated rings. The van der Waals surface area contributed by atoms with Crippen molar-refractivity contribution in [3.8, 4) is 0 Å². The molecule has 1 atom stereocenters. The summed E-state index contributed by atoms with van der Waals surface area (Å²) >= 11 is 0. The van der Waals surface area contributed by atoms with E-state index >= 15 is 0 Å². The van der Waals surface area contributed by atoms with E-state index in [1.807, 2.05) is 0 Å². The van der Waals surface area contributed by atoms with Gasteiger partial charge in [-0.2, -0.15) is 5.10 Å². The first kappa shape index (κ1) is 17.7. The average Bonchev–Trinajstić information content (AvgIpc) is 3.27. The first-order valence-electron chi connectivity index (χ1n) is 9.54. The van der Waals surface area contributed by atoms with Crippen LogP contribution >= 0.6 is 0 Å². The van der Waals surface area contributed by atoms with Gasteiger partial charge in [0.1, 0.15) is 18.2 Å². The molecule has 27 heavy (non-hydrogen) atoms. The van der Waals surface area contributed by atoms with Crippen molar-refractivity contribution in [2.24, 2.45) is 11.8 Å². The molecular weight excluding hydrogens is 346 g/mol. The summed E-state index contributed by atoms with van der Waals surface area (Å²) in [7, 11) is 1.69. The van der Waals surface area contributed by atoms with Gasteiger partial charge < -0.3 is 5.32 Å². The van der Waals surface area contributed by atoms with E-state index in [1.165, 1.54) is 24.2 Å². The van der Waals surface area contributed by atoms with Gasteiger partial charge in [0.05, 0.1) is 6.20 Å². The van der Waals surface area contributed by atoms with Gasteiger partial charge in [-0.3, -0.25) is 19.2 Å². The fourth-order valence-corrected chi connectivity index (χ4v) is 3.97. The molecule has 0 saturated heterocycles. The lowest BCUT2D eigenvalue weighted by Gasteiger charge is -2.34. The Morgan fingerprint density at radius 3 is 2.93 bits per heavy atom. The number of carbonyl (C=O) groups is 2. The number of anilines is 1. The van der Waals surface area contributed by atoms with Crippen LogP contribution in [0.5, 0.6) is 0 Å². The molecule has 1 N–H and O–H groups in total. The van der Waals surface area contributed by atoms with Gasteiger partial charge in [-0.1, -0.05) is 13.3 Å². The summed E-state index contributed by atoms with van der Waals surface area (Å²) in [6, 6.07) is 1.17. The van der Waals surface area contributed by atoms with Crippen LogP contribution in [0, 0.1) is 11.8 Å². The van der Waals surface area contributed by atoms with E-state index in [-0.39, 0.29) is 11.7 Å². The van der Waals surface area contributed by atoms with Crippen LogP contribution in [0.4, 0.5) is 5.82 Å². The second-order valence-electron chi connectivity index (χ2n) is 7.53. The standard InChI is InChI=1S/C18H25N7O2/c1-3-12-8-13(9-12)10-24-11-19-16(22-24)17(26)21-14-5-7-25-15(4-6-20-25)23(2)18(14)27/h4,6,11-14H,3,5,7-10H2,1-2H3,(H,21,26). The van der Waals surface area contributed by atoms with E-state index in [0.29, 0.717) is 18.9 Å². The molecule has 9 heteroatoms. The van der Waals surface area contributed by atoms with Crippen molar-refractivity contribution in [3.63, 3.8) is 0 Å². The lowest BCUT2D eigenvalue weighted by molar-refractivity contribution is -0.120. The van der Waals surface area contributed by atoms with Crippen LogP contribution in [0.3, 0.4) is 0 Å². The predicted octanol–water partition coefficient (Wildman–Crippen LogP) is 1.08. The molecular formula is C18H25N7O2. The molecule has 4 rings (SSSR count). The Hall–Kier alpha value is -2.71. The van der Waals surface area contributed by atoms with Gasteiger partial charge in [0, 0.05) is 26.2 Å². The summed E-state index contributed by atoms with van der Waals surface area (Å²) in [4.78, 5) is 30.8. The van der Waals surface area contributed by atoms with Gasteiger partial charge in [0.15, 0.2) is 0 Å². The van der Waals surface area contributed by atoms with Gasteiger partial charge in [-0.05, 0) is 31.1 Å². The van der Waals surface area contributed by atoms with Crippen molar-refractivity contribution in [2.45, 2.75) is 51.7 Å². The number of nitrogens with one attached hydrogen (secondary N) is 1. The number of amides is 2. The molecule has 9 nitrogen and oxygen atoms in total. The van der Waals surface area contributed by atoms with E-state index in [2.05, 4.69) is 27.4 Å². The summed E-state index contributed by atoms with van der Waals surface area (Å²) in [6.45, 7) is 3.58. The molecule has 2 aromatic heterocycles. The second-order valence-corrected chi connectivity index (χ2v) is 7.53. The number of hydrogen-bond acceptors (Lipinski definition) is 5. The molecule has 0 radical (unpaired) electrons. The minimum absolute atomic E-state index is 0.110. The SMILES string of the molecule is CCC1CC(Cn2cnc(C(=O)NC3CCn4nccc4N(C)C3=O)n2)C1. The van der Waals surface area contributed by atoms with Crippen LogP contribution in [0.2, 0.25) is 0 Å². The molecule has 2 amide bonds. The third-order valence-corrected chi connectivity index (χ3v) is 5.70. The Kier molecular flexibility index (Phi) is 4.67. The molecule has 0 spiro atoms. The van der Waals surface area contributed by atoms with Crippen molar-refractivity contribution < 1.29 is 9.59 Å². The van der Waals surface area contributed by atoms with Crippen LogP contribution in [0.1, 0.15) is 43.2 Å². The third-order valence-electron chi connectivity index (χ3n) is 5.70. The summed E-state index contributed by atoms with van der Waals surface area (Å²) in [5, 5.41) is 11.3. The van der Waals surface area contributed by atoms with Gasteiger partial charge in [0.25, 0.3) is 11.8 Å². The molecule has 1 aliphatic heterocycles. The van der Waals surface area contributed by atoms with Crippen molar-refractivity contribution >= 4 is 17.6 Å². The lowest BCUT2D eigenvalue weighted by atomic mass is 9.74. The quantitative estimate of drug-likeness (QED) is 0.848. The maximum absolute atomic E-state index is 12.7. The molecule has 1 aliphatic carbocycles. The van der Waals surface area contributed by atoms with Crippen LogP contribution in [0.25, 0.3) is 0 Å². The lowest BCUT2D eigenvalue weighted by Crippen LogP contribution is -2.47. The van der Waals surface area contributed by atoms with Crippen LogP contribution in [0.15, 0.2) is 18.6 Å². The first-order valence-corrected chi connectivity index (χ1v) is 9.54. The zero-order chi connectivity index (χ0) is 19.0. The maximum Gasteiger partial charge on any atom is 0.291 e. The van der Waals surface area contributed by atoms with Gasteiger partial charge in [-0.15, -0.1) is 5.10 Å². The smallest absolute Gasteiger partial charge is 0.291 e. The van der Waals surface area contributed by atoms with Gasteiger partial charge in [-0.25, -0.2) is 9.67 Å². The van der Waals surface area contributed by atoms with Gasteiger partial charge >= 0.3 is 0 Å². The number of likely N-dealkylation sites (N-methyl/N-ethyl adjacent to an activating group) is 1. The highest BCUT2D eigenvalue weighted by Crippen LogP contribution is 2.36. The van der Waals surface area contributed by atoms with Crippen molar-refractivity contribution in [1.82, 2.24) is 29.9 Å². The number of hydrogen-bond donors (Lipinski definition) is 1. The van der Waals surface area contributed by atoms with Crippen molar-refractivity contribution in [1.29, 1.82) is 0 Å². The van der Waals surface area contributed by atoms with Crippen molar-refractivity contribution in [2.75, 3.05) is 11.9 Å². The summed E-state index contributed by atoms with van der Waals surface area (Å²) in [5.41, 5.74) is 0. The van der Waals surface area contributed by atoms with E-state index in [4.69, 9.17) is 0 Å². The zero-order valence-electron chi connectivity index (χ0n) is 15.7. The summed E-state index contributed by atoms with van der Waals surface area (Å²) in [6.07, 6.45) is 7.41.